The predicted octanol–water partition coefficient (Wildman–Crippen LogP) is 2.71. The molecule has 1 aliphatic heterocycles. The van der Waals surface area contributed by atoms with E-state index in [1.54, 1.807) is 12.1 Å². The fourth-order valence-corrected chi connectivity index (χ4v) is 3.26. The van der Waals surface area contributed by atoms with Crippen molar-refractivity contribution >= 4 is 23.7 Å². The van der Waals surface area contributed by atoms with E-state index < -0.39 is 0 Å². The summed E-state index contributed by atoms with van der Waals surface area (Å²) in [5, 5.41) is 13.5. The quantitative estimate of drug-likeness (QED) is 0.570. The van der Waals surface area contributed by atoms with E-state index >= 15 is 0 Å². The predicted molar refractivity (Wildman–Crippen MR) is 115 cm³/mol. The highest BCUT2D eigenvalue weighted by Crippen LogP contribution is 2.22. The highest BCUT2D eigenvalue weighted by molar-refractivity contribution is 5.53. The molecule has 0 bridgehead atoms. The minimum atomic E-state index is -0.260. The van der Waals surface area contributed by atoms with Gasteiger partial charge in [-0.05, 0) is 38.6 Å². The molecular weight excluding hydrogens is 385 g/mol. The summed E-state index contributed by atoms with van der Waals surface area (Å²) in [7, 11) is 2.11. The van der Waals surface area contributed by atoms with Crippen molar-refractivity contribution in [3.8, 4) is 0 Å². The lowest BCUT2D eigenvalue weighted by molar-refractivity contribution is 0.311. The maximum atomic E-state index is 13.2. The highest BCUT2D eigenvalue weighted by atomic mass is 19.1. The molecule has 3 N–H and O–H groups in total. The molecule has 10 heteroatoms. The molecule has 0 aliphatic carbocycles. The van der Waals surface area contributed by atoms with Gasteiger partial charge in [-0.25, -0.2) is 4.39 Å². The van der Waals surface area contributed by atoms with Gasteiger partial charge in [0.2, 0.25) is 17.8 Å². The van der Waals surface area contributed by atoms with Gasteiger partial charge >= 0.3 is 0 Å². The zero-order chi connectivity index (χ0) is 21.1. The Hall–Kier alpha value is -3.27. The summed E-state index contributed by atoms with van der Waals surface area (Å²) in [5.74, 6) is 1.86. The van der Waals surface area contributed by atoms with Crippen molar-refractivity contribution in [2.75, 3.05) is 48.8 Å². The molecule has 9 nitrogen and oxygen atoms in total. The maximum absolute atomic E-state index is 13.2. The average molecular weight is 411 g/mol. The van der Waals surface area contributed by atoms with Crippen LogP contribution in [-0.4, -0.2) is 63.3 Å². The van der Waals surface area contributed by atoms with Crippen LogP contribution >= 0.6 is 0 Å². The third kappa shape index (κ3) is 4.82. The van der Waals surface area contributed by atoms with Crippen LogP contribution in [0.15, 0.2) is 30.3 Å². The standard InChI is InChI=1S/C20H26FN9/c1-13-12-17(28-27-13)23-19-24-18(22-14(2)15-4-6-16(21)7-5-15)25-20(26-19)30-10-8-29(3)9-11-30/h4-7,12,14H,8-11H2,1-3H3,(H3,22,23,24,25,26,27,28). The highest BCUT2D eigenvalue weighted by Gasteiger charge is 2.19. The molecule has 1 atom stereocenters. The van der Waals surface area contributed by atoms with Gasteiger partial charge in [-0.2, -0.15) is 20.1 Å². The topological polar surface area (TPSA) is 97.9 Å². The molecular formula is C20H26FN9. The molecule has 158 valence electrons. The number of H-pyrrole nitrogens is 1. The molecule has 3 aromatic rings. The third-order valence-corrected chi connectivity index (χ3v) is 5.07. The normalized spacial score (nSPS) is 15.8. The summed E-state index contributed by atoms with van der Waals surface area (Å²) in [6, 6.07) is 8.18. The largest absolute Gasteiger partial charge is 0.348 e. The number of aryl methyl sites for hydroxylation is 1. The number of nitrogens with one attached hydrogen (secondary N) is 3. The first-order valence-corrected chi connectivity index (χ1v) is 9.97. The molecule has 0 amide bonds. The summed E-state index contributed by atoms with van der Waals surface area (Å²) < 4.78 is 13.2. The van der Waals surface area contributed by atoms with Gasteiger partial charge in [0.05, 0.1) is 6.04 Å². The van der Waals surface area contributed by atoms with Crippen LogP contribution in [0.1, 0.15) is 24.2 Å². The Morgan fingerprint density at radius 2 is 1.73 bits per heavy atom. The smallest absolute Gasteiger partial charge is 0.235 e. The number of aromatic nitrogens is 5. The molecule has 30 heavy (non-hydrogen) atoms. The second-order valence-electron chi connectivity index (χ2n) is 7.55. The molecule has 1 aliphatic rings. The van der Waals surface area contributed by atoms with Gasteiger partial charge in [-0.15, -0.1) is 0 Å². The van der Waals surface area contributed by atoms with E-state index in [0.29, 0.717) is 23.7 Å². The molecule has 1 unspecified atom stereocenters. The number of halogens is 1. The van der Waals surface area contributed by atoms with Crippen LogP contribution in [0.3, 0.4) is 0 Å². The zero-order valence-corrected chi connectivity index (χ0v) is 17.4. The molecule has 0 saturated carbocycles. The van der Waals surface area contributed by atoms with Crippen LogP contribution in [-0.2, 0) is 0 Å². The minimum Gasteiger partial charge on any atom is -0.348 e. The second kappa shape index (κ2) is 8.62. The number of hydrogen-bond acceptors (Lipinski definition) is 8. The van der Waals surface area contributed by atoms with E-state index in [1.807, 2.05) is 19.9 Å². The van der Waals surface area contributed by atoms with Gasteiger partial charge in [0.1, 0.15) is 5.82 Å². The van der Waals surface area contributed by atoms with Crippen molar-refractivity contribution in [2.45, 2.75) is 19.9 Å². The van der Waals surface area contributed by atoms with Crippen LogP contribution in [0.4, 0.5) is 28.1 Å². The Morgan fingerprint density at radius 1 is 1.03 bits per heavy atom. The van der Waals surface area contributed by atoms with Crippen LogP contribution in [0.25, 0.3) is 0 Å². The summed E-state index contributed by atoms with van der Waals surface area (Å²) in [6.45, 7) is 7.49. The van der Waals surface area contributed by atoms with Gasteiger partial charge in [0.15, 0.2) is 5.82 Å². The van der Waals surface area contributed by atoms with Gasteiger partial charge in [-0.1, -0.05) is 12.1 Å². The molecule has 1 saturated heterocycles. The van der Waals surface area contributed by atoms with E-state index in [0.717, 1.165) is 37.4 Å². The molecule has 4 rings (SSSR count). The summed E-state index contributed by atoms with van der Waals surface area (Å²) in [5.41, 5.74) is 1.88. The first kappa shape index (κ1) is 20.0. The molecule has 0 spiro atoms. The monoisotopic (exact) mass is 411 g/mol. The molecule has 3 heterocycles. The first-order chi connectivity index (χ1) is 14.5. The van der Waals surface area contributed by atoms with Crippen molar-refractivity contribution in [3.63, 3.8) is 0 Å². The van der Waals surface area contributed by atoms with Crippen LogP contribution in [0.2, 0.25) is 0 Å². The summed E-state index contributed by atoms with van der Waals surface area (Å²) >= 11 is 0. The van der Waals surface area contributed by atoms with E-state index in [4.69, 9.17) is 0 Å². The van der Waals surface area contributed by atoms with Crippen molar-refractivity contribution < 1.29 is 4.39 Å². The van der Waals surface area contributed by atoms with Gasteiger partial charge in [0.25, 0.3) is 0 Å². The third-order valence-electron chi connectivity index (χ3n) is 5.07. The number of aromatic amines is 1. The summed E-state index contributed by atoms with van der Waals surface area (Å²) in [6.07, 6.45) is 0. The fourth-order valence-electron chi connectivity index (χ4n) is 3.26. The van der Waals surface area contributed by atoms with Crippen molar-refractivity contribution in [1.82, 2.24) is 30.0 Å². The average Bonchev–Trinajstić information content (AvgIpc) is 3.13. The van der Waals surface area contributed by atoms with Gasteiger partial charge in [0, 0.05) is 37.9 Å². The van der Waals surface area contributed by atoms with E-state index in [-0.39, 0.29) is 11.9 Å². The Kier molecular flexibility index (Phi) is 5.75. The Morgan fingerprint density at radius 3 is 2.40 bits per heavy atom. The number of rotatable bonds is 6. The lowest BCUT2D eigenvalue weighted by Gasteiger charge is -2.32. The van der Waals surface area contributed by atoms with Gasteiger partial charge < -0.3 is 20.4 Å². The van der Waals surface area contributed by atoms with E-state index in [2.05, 4.69) is 52.6 Å². The first-order valence-electron chi connectivity index (χ1n) is 9.97. The lowest BCUT2D eigenvalue weighted by atomic mass is 10.1. The van der Waals surface area contributed by atoms with Crippen LogP contribution < -0.4 is 15.5 Å². The second-order valence-corrected chi connectivity index (χ2v) is 7.55. The van der Waals surface area contributed by atoms with Crippen molar-refractivity contribution in [2.24, 2.45) is 0 Å². The number of likely N-dealkylation sites (N-methyl/N-ethyl adjacent to an activating group) is 1. The van der Waals surface area contributed by atoms with Crippen molar-refractivity contribution in [3.05, 3.63) is 47.4 Å². The number of anilines is 4. The fraction of sp³-hybridized carbons (Fsp3) is 0.400. The lowest BCUT2D eigenvalue weighted by Crippen LogP contribution is -2.45. The molecule has 0 radical (unpaired) electrons. The molecule has 1 fully saturated rings. The Bertz CT molecular complexity index is 980. The molecule has 1 aromatic carbocycles. The number of piperazine rings is 1. The Labute approximate surface area is 174 Å². The van der Waals surface area contributed by atoms with Crippen molar-refractivity contribution in [1.29, 1.82) is 0 Å². The number of hydrogen-bond donors (Lipinski definition) is 3. The number of nitrogens with zero attached hydrogens (tertiary/aromatic N) is 6. The zero-order valence-electron chi connectivity index (χ0n) is 17.4. The van der Waals surface area contributed by atoms with Crippen LogP contribution in [0, 0.1) is 12.7 Å². The minimum absolute atomic E-state index is 0.103. The maximum Gasteiger partial charge on any atom is 0.235 e. The van der Waals surface area contributed by atoms with Gasteiger partial charge in [-0.3, -0.25) is 5.10 Å². The Balaban J connectivity index is 1.59. The van der Waals surface area contributed by atoms with E-state index in [9.17, 15) is 4.39 Å². The van der Waals surface area contributed by atoms with E-state index in [1.165, 1.54) is 12.1 Å². The molecule has 2 aromatic heterocycles. The summed E-state index contributed by atoms with van der Waals surface area (Å²) in [4.78, 5) is 18.2. The van der Waals surface area contributed by atoms with Crippen LogP contribution in [0.5, 0.6) is 0 Å². The number of benzene rings is 1. The SMILES string of the molecule is Cc1cc(Nc2nc(NC(C)c3ccc(F)cc3)nc(N3CCN(C)CC3)n2)n[nH]1.